The van der Waals surface area contributed by atoms with Gasteiger partial charge in [-0.05, 0) is 31.4 Å². The van der Waals surface area contributed by atoms with Crippen LogP contribution in [0.4, 0.5) is 10.5 Å². The molecule has 2 N–H and O–H groups in total. The molecule has 20 heavy (non-hydrogen) atoms. The Balaban J connectivity index is 2.42. The third-order valence-corrected chi connectivity index (χ3v) is 3.18. The van der Waals surface area contributed by atoms with E-state index in [2.05, 4.69) is 5.32 Å². The van der Waals surface area contributed by atoms with Crippen molar-refractivity contribution in [2.24, 2.45) is 5.92 Å². The lowest BCUT2D eigenvalue weighted by atomic mass is 10.1. The van der Waals surface area contributed by atoms with Gasteiger partial charge in [0.05, 0.1) is 0 Å². The summed E-state index contributed by atoms with van der Waals surface area (Å²) in [6.07, 6.45) is 0.689. The van der Waals surface area contributed by atoms with Crippen LogP contribution in [0.5, 0.6) is 0 Å². The molecule has 0 aromatic heterocycles. The van der Waals surface area contributed by atoms with E-state index >= 15 is 0 Å². The molecule has 0 heterocycles. The molecule has 0 saturated carbocycles. The van der Waals surface area contributed by atoms with Crippen LogP contribution in [-0.2, 0) is 4.79 Å². The fraction of sp³-hybridized carbons (Fsp3) is 0.467. The standard InChI is InChI=1S/C15H22N2O3/c1-11-4-7-13(8-5-11)17(3)15(20)16-10-12(2)6-9-14(18)19/h4-5,7-8,12H,6,9-10H2,1-3H3,(H,16,20)(H,18,19). The van der Waals surface area contributed by atoms with E-state index in [4.69, 9.17) is 5.11 Å². The van der Waals surface area contributed by atoms with Gasteiger partial charge in [0.1, 0.15) is 0 Å². The SMILES string of the molecule is Cc1ccc(N(C)C(=O)NCC(C)CCC(=O)O)cc1. The Morgan fingerprint density at radius 3 is 2.45 bits per heavy atom. The largest absolute Gasteiger partial charge is 0.481 e. The van der Waals surface area contributed by atoms with Gasteiger partial charge in [-0.1, -0.05) is 24.6 Å². The number of carboxylic acids is 1. The van der Waals surface area contributed by atoms with E-state index in [9.17, 15) is 9.59 Å². The van der Waals surface area contributed by atoms with Crippen LogP contribution in [0.1, 0.15) is 25.3 Å². The summed E-state index contributed by atoms with van der Waals surface area (Å²) in [5.41, 5.74) is 1.97. The van der Waals surface area contributed by atoms with Crippen LogP contribution in [0.2, 0.25) is 0 Å². The molecule has 5 nitrogen and oxygen atoms in total. The van der Waals surface area contributed by atoms with Crippen molar-refractivity contribution in [2.75, 3.05) is 18.5 Å². The number of aliphatic carboxylic acids is 1. The van der Waals surface area contributed by atoms with Gasteiger partial charge in [-0.3, -0.25) is 9.69 Å². The number of benzene rings is 1. The zero-order chi connectivity index (χ0) is 15.1. The van der Waals surface area contributed by atoms with Crippen molar-refractivity contribution in [2.45, 2.75) is 26.7 Å². The fourth-order valence-corrected chi connectivity index (χ4v) is 1.74. The van der Waals surface area contributed by atoms with E-state index in [1.165, 1.54) is 0 Å². The number of carbonyl (C=O) groups excluding carboxylic acids is 1. The molecule has 0 aliphatic heterocycles. The molecule has 0 radical (unpaired) electrons. The number of anilines is 1. The van der Waals surface area contributed by atoms with Crippen molar-refractivity contribution in [1.29, 1.82) is 0 Å². The first-order valence-electron chi connectivity index (χ1n) is 6.70. The van der Waals surface area contributed by atoms with E-state index in [-0.39, 0.29) is 18.4 Å². The van der Waals surface area contributed by atoms with Gasteiger partial charge in [-0.15, -0.1) is 0 Å². The van der Waals surface area contributed by atoms with Crippen LogP contribution in [0.3, 0.4) is 0 Å². The number of hydrogen-bond acceptors (Lipinski definition) is 2. The molecule has 1 aromatic carbocycles. The third-order valence-electron chi connectivity index (χ3n) is 3.18. The Kier molecular flexibility index (Phi) is 6.03. The predicted molar refractivity (Wildman–Crippen MR) is 79.0 cm³/mol. The highest BCUT2D eigenvalue weighted by Crippen LogP contribution is 2.13. The average molecular weight is 278 g/mol. The molecule has 5 heteroatoms. The van der Waals surface area contributed by atoms with Crippen LogP contribution in [0.15, 0.2) is 24.3 Å². The number of aryl methyl sites for hydroxylation is 1. The van der Waals surface area contributed by atoms with Crippen molar-refractivity contribution >= 4 is 17.7 Å². The van der Waals surface area contributed by atoms with Crippen molar-refractivity contribution in [3.05, 3.63) is 29.8 Å². The minimum atomic E-state index is -0.806. The average Bonchev–Trinajstić information content (AvgIpc) is 2.42. The minimum Gasteiger partial charge on any atom is -0.481 e. The summed E-state index contributed by atoms with van der Waals surface area (Å²) in [4.78, 5) is 24.0. The van der Waals surface area contributed by atoms with Crippen molar-refractivity contribution in [3.63, 3.8) is 0 Å². The number of carbonyl (C=O) groups is 2. The van der Waals surface area contributed by atoms with Gasteiger partial charge in [0.25, 0.3) is 0 Å². The number of nitrogens with zero attached hydrogens (tertiary/aromatic N) is 1. The summed E-state index contributed by atoms with van der Waals surface area (Å²) in [7, 11) is 1.71. The van der Waals surface area contributed by atoms with Crippen LogP contribution in [0.25, 0.3) is 0 Å². The van der Waals surface area contributed by atoms with E-state index < -0.39 is 5.97 Å². The Morgan fingerprint density at radius 1 is 1.30 bits per heavy atom. The number of hydrogen-bond donors (Lipinski definition) is 2. The van der Waals surface area contributed by atoms with Gasteiger partial charge >= 0.3 is 12.0 Å². The monoisotopic (exact) mass is 278 g/mol. The smallest absolute Gasteiger partial charge is 0.321 e. The fourth-order valence-electron chi connectivity index (χ4n) is 1.74. The lowest BCUT2D eigenvalue weighted by molar-refractivity contribution is -0.137. The Labute approximate surface area is 119 Å². The maximum Gasteiger partial charge on any atom is 0.321 e. The molecule has 0 fully saturated rings. The zero-order valence-corrected chi connectivity index (χ0v) is 12.2. The summed E-state index contributed by atoms with van der Waals surface area (Å²) in [5, 5.41) is 11.4. The van der Waals surface area contributed by atoms with Gasteiger partial charge in [0, 0.05) is 25.7 Å². The highest BCUT2D eigenvalue weighted by atomic mass is 16.4. The lowest BCUT2D eigenvalue weighted by Gasteiger charge is -2.20. The molecule has 0 aliphatic rings. The summed E-state index contributed by atoms with van der Waals surface area (Å²) < 4.78 is 0. The molecule has 1 unspecified atom stereocenters. The number of rotatable bonds is 6. The molecule has 0 bridgehead atoms. The summed E-state index contributed by atoms with van der Waals surface area (Å²) in [5.74, 6) is -0.665. The topological polar surface area (TPSA) is 69.6 Å². The molecule has 110 valence electrons. The molecular weight excluding hydrogens is 256 g/mol. The van der Waals surface area contributed by atoms with E-state index in [1.54, 1.807) is 11.9 Å². The normalized spacial score (nSPS) is 11.8. The second-order valence-corrected chi connectivity index (χ2v) is 5.12. The van der Waals surface area contributed by atoms with Gasteiger partial charge in [-0.2, -0.15) is 0 Å². The minimum absolute atomic E-state index is 0.130. The van der Waals surface area contributed by atoms with Gasteiger partial charge in [0.15, 0.2) is 0 Å². The van der Waals surface area contributed by atoms with Crippen LogP contribution < -0.4 is 10.2 Å². The molecule has 0 saturated heterocycles. The van der Waals surface area contributed by atoms with E-state index in [1.807, 2.05) is 38.1 Å². The van der Waals surface area contributed by atoms with E-state index in [0.29, 0.717) is 13.0 Å². The second kappa shape index (κ2) is 7.53. The van der Waals surface area contributed by atoms with E-state index in [0.717, 1.165) is 11.3 Å². The van der Waals surface area contributed by atoms with Gasteiger partial charge in [-0.25, -0.2) is 4.79 Å². The van der Waals surface area contributed by atoms with Crippen LogP contribution in [0, 0.1) is 12.8 Å². The first kappa shape index (κ1) is 16.0. The summed E-state index contributed by atoms with van der Waals surface area (Å²) in [6.45, 7) is 4.39. The Hall–Kier alpha value is -2.04. The number of urea groups is 1. The molecule has 1 rings (SSSR count). The maximum absolute atomic E-state index is 12.0. The lowest BCUT2D eigenvalue weighted by Crippen LogP contribution is -2.39. The first-order valence-corrected chi connectivity index (χ1v) is 6.70. The highest BCUT2D eigenvalue weighted by Gasteiger charge is 2.12. The Morgan fingerprint density at radius 2 is 1.90 bits per heavy atom. The zero-order valence-electron chi connectivity index (χ0n) is 12.2. The van der Waals surface area contributed by atoms with Crippen molar-refractivity contribution < 1.29 is 14.7 Å². The third kappa shape index (κ3) is 5.30. The number of carboxylic acid groups (broad SMARTS) is 1. The van der Waals surface area contributed by atoms with Crippen LogP contribution in [-0.4, -0.2) is 30.7 Å². The predicted octanol–water partition coefficient (Wildman–Crippen LogP) is 2.64. The summed E-state index contributed by atoms with van der Waals surface area (Å²) >= 11 is 0. The summed E-state index contributed by atoms with van der Waals surface area (Å²) in [6, 6.07) is 7.50. The molecule has 0 spiro atoms. The molecular formula is C15H22N2O3. The molecule has 0 aliphatic carbocycles. The van der Waals surface area contributed by atoms with Crippen molar-refractivity contribution in [3.8, 4) is 0 Å². The number of amides is 2. The van der Waals surface area contributed by atoms with Gasteiger partial charge < -0.3 is 10.4 Å². The molecule has 1 aromatic rings. The maximum atomic E-state index is 12.0. The highest BCUT2D eigenvalue weighted by molar-refractivity contribution is 5.91. The molecule has 1 atom stereocenters. The quantitative estimate of drug-likeness (QED) is 0.840. The Bertz CT molecular complexity index is 457. The van der Waals surface area contributed by atoms with Gasteiger partial charge in [0.2, 0.25) is 0 Å². The second-order valence-electron chi connectivity index (χ2n) is 5.12. The molecule has 2 amide bonds. The number of nitrogens with one attached hydrogen (secondary N) is 1. The van der Waals surface area contributed by atoms with Crippen molar-refractivity contribution in [1.82, 2.24) is 5.32 Å². The first-order chi connectivity index (χ1) is 9.40. The van der Waals surface area contributed by atoms with Crippen LogP contribution >= 0.6 is 0 Å².